The van der Waals surface area contributed by atoms with E-state index in [2.05, 4.69) is 15.4 Å². The summed E-state index contributed by atoms with van der Waals surface area (Å²) in [5.74, 6) is 0.393. The molecule has 8 heteroatoms. The number of carbonyl (C=O) groups is 2. The molecule has 0 spiro atoms. The summed E-state index contributed by atoms with van der Waals surface area (Å²) in [4.78, 5) is 28.9. The lowest BCUT2D eigenvalue weighted by Crippen LogP contribution is -2.18. The fraction of sp³-hybridized carbons (Fsp3) is 0.185. The lowest BCUT2D eigenvalue weighted by atomic mass is 9.92. The van der Waals surface area contributed by atoms with Crippen molar-refractivity contribution in [3.63, 3.8) is 0 Å². The Morgan fingerprint density at radius 1 is 1.06 bits per heavy atom. The Bertz CT molecular complexity index is 1350. The molecule has 1 unspecified atom stereocenters. The van der Waals surface area contributed by atoms with Gasteiger partial charge in [-0.15, -0.1) is 0 Å². The van der Waals surface area contributed by atoms with Crippen molar-refractivity contribution >= 4 is 11.7 Å². The smallest absolute Gasteiger partial charge is 0.269 e. The lowest BCUT2D eigenvalue weighted by molar-refractivity contribution is 0.0954. The van der Waals surface area contributed by atoms with Crippen molar-refractivity contribution in [2.75, 3.05) is 7.05 Å². The molecule has 0 saturated heterocycles. The van der Waals surface area contributed by atoms with E-state index in [9.17, 15) is 14.0 Å². The number of aryl methyl sites for hydroxylation is 1. The molecule has 178 valence electrons. The maximum atomic E-state index is 13.3. The number of amides is 1. The van der Waals surface area contributed by atoms with Gasteiger partial charge in [0.05, 0.1) is 5.56 Å². The lowest BCUT2D eigenvalue weighted by Gasteiger charge is -2.13. The second kappa shape index (κ2) is 10.3. The van der Waals surface area contributed by atoms with Crippen LogP contribution in [0.2, 0.25) is 0 Å². The van der Waals surface area contributed by atoms with Crippen molar-refractivity contribution in [2.24, 2.45) is 7.05 Å². The van der Waals surface area contributed by atoms with Crippen molar-refractivity contribution in [1.29, 1.82) is 0 Å². The first kappa shape index (κ1) is 23.8. The normalized spacial score (nSPS) is 11.7. The van der Waals surface area contributed by atoms with Crippen LogP contribution in [-0.2, 0) is 7.05 Å². The highest BCUT2D eigenvalue weighted by atomic mass is 19.1. The molecular formula is C27H25FN4O3. The Hall–Kier alpha value is -4.33. The van der Waals surface area contributed by atoms with Crippen molar-refractivity contribution in [3.05, 3.63) is 95.7 Å². The topological polar surface area (TPSA) is 86.1 Å². The van der Waals surface area contributed by atoms with Crippen LogP contribution < -0.4 is 10.1 Å². The SMILES string of the molecule is CNC(=O)c1cc(Oc2ccc(C(C)CC(=O)c3cn(C)nc3-c3ccc(F)cc3)cc2)ccn1. The number of hydrogen-bond donors (Lipinski definition) is 1. The van der Waals surface area contributed by atoms with E-state index in [-0.39, 0.29) is 29.1 Å². The van der Waals surface area contributed by atoms with Crippen molar-refractivity contribution in [3.8, 4) is 22.8 Å². The van der Waals surface area contributed by atoms with E-state index in [1.165, 1.54) is 18.3 Å². The summed E-state index contributed by atoms with van der Waals surface area (Å²) in [5, 5.41) is 6.94. The molecule has 0 aliphatic carbocycles. The van der Waals surface area contributed by atoms with Gasteiger partial charge in [0.2, 0.25) is 0 Å². The number of ketones is 1. The first-order valence-corrected chi connectivity index (χ1v) is 11.1. The van der Waals surface area contributed by atoms with Crippen LogP contribution in [0.1, 0.15) is 45.7 Å². The number of nitrogens with one attached hydrogen (secondary N) is 1. The molecule has 0 bridgehead atoms. The molecule has 0 aliphatic heterocycles. The molecule has 1 atom stereocenters. The Balaban J connectivity index is 1.45. The minimum atomic E-state index is -0.338. The summed E-state index contributed by atoms with van der Waals surface area (Å²) in [5.41, 5.74) is 3.00. The standard InChI is InChI=1S/C27H25FN4O3/c1-17(14-25(33)23-16-32(3)31-26(23)19-4-8-20(28)9-5-19)18-6-10-21(11-7-18)35-22-12-13-30-24(15-22)27(34)29-2/h4-13,15-17H,14H2,1-3H3,(H,29,34). The summed E-state index contributed by atoms with van der Waals surface area (Å²) in [7, 11) is 3.30. The Labute approximate surface area is 202 Å². The van der Waals surface area contributed by atoms with Crippen LogP contribution in [0.4, 0.5) is 4.39 Å². The summed E-state index contributed by atoms with van der Waals surface area (Å²) in [6.07, 6.45) is 3.51. The van der Waals surface area contributed by atoms with E-state index in [4.69, 9.17) is 4.74 Å². The molecule has 7 nitrogen and oxygen atoms in total. The molecule has 0 aliphatic rings. The number of ether oxygens (including phenoxy) is 1. The molecule has 2 heterocycles. The highest BCUT2D eigenvalue weighted by Crippen LogP contribution is 2.29. The molecule has 0 radical (unpaired) electrons. The summed E-state index contributed by atoms with van der Waals surface area (Å²) < 4.78 is 20.8. The van der Waals surface area contributed by atoms with Crippen LogP contribution in [0, 0.1) is 5.82 Å². The maximum absolute atomic E-state index is 13.3. The average molecular weight is 473 g/mol. The highest BCUT2D eigenvalue weighted by Gasteiger charge is 2.20. The summed E-state index contributed by atoms with van der Waals surface area (Å²) in [6.45, 7) is 1.99. The van der Waals surface area contributed by atoms with Gasteiger partial charge in [-0.2, -0.15) is 5.10 Å². The molecule has 1 N–H and O–H groups in total. The first-order valence-electron chi connectivity index (χ1n) is 11.1. The Morgan fingerprint density at radius 2 is 1.77 bits per heavy atom. The molecule has 4 aromatic rings. The van der Waals surface area contributed by atoms with E-state index >= 15 is 0 Å². The van der Waals surface area contributed by atoms with E-state index in [1.54, 1.807) is 49.2 Å². The third-order valence-electron chi connectivity index (χ3n) is 5.61. The van der Waals surface area contributed by atoms with Crippen molar-refractivity contribution in [1.82, 2.24) is 20.1 Å². The van der Waals surface area contributed by atoms with Crippen molar-refractivity contribution < 1.29 is 18.7 Å². The van der Waals surface area contributed by atoms with E-state index < -0.39 is 0 Å². The Morgan fingerprint density at radius 3 is 2.46 bits per heavy atom. The summed E-state index contributed by atoms with van der Waals surface area (Å²) >= 11 is 0. The number of pyridine rings is 1. The molecular weight excluding hydrogens is 447 g/mol. The second-order valence-electron chi connectivity index (χ2n) is 8.23. The fourth-order valence-corrected chi connectivity index (χ4v) is 3.75. The number of Topliss-reactive ketones (excluding diaryl/α,β-unsaturated/α-hetero) is 1. The van der Waals surface area contributed by atoms with Crippen LogP contribution in [-0.4, -0.2) is 33.5 Å². The number of halogens is 1. The number of nitrogens with zero attached hydrogens (tertiary/aromatic N) is 3. The Kier molecular flexibility index (Phi) is 7.01. The van der Waals surface area contributed by atoms with Gasteiger partial charge in [0, 0.05) is 44.5 Å². The van der Waals surface area contributed by atoms with E-state index in [0.29, 0.717) is 34.7 Å². The molecule has 0 fully saturated rings. The minimum absolute atomic E-state index is 0.0382. The second-order valence-corrected chi connectivity index (χ2v) is 8.23. The van der Waals surface area contributed by atoms with Gasteiger partial charge in [-0.25, -0.2) is 4.39 Å². The number of hydrogen-bond acceptors (Lipinski definition) is 5. The number of benzene rings is 2. The average Bonchev–Trinajstić information content (AvgIpc) is 3.26. The third kappa shape index (κ3) is 5.60. The van der Waals surface area contributed by atoms with Crippen LogP contribution in [0.15, 0.2) is 73.1 Å². The quantitative estimate of drug-likeness (QED) is 0.359. The van der Waals surface area contributed by atoms with E-state index in [0.717, 1.165) is 5.56 Å². The molecule has 1 amide bonds. The minimum Gasteiger partial charge on any atom is -0.457 e. The molecule has 4 rings (SSSR count). The van der Waals surface area contributed by atoms with E-state index in [1.807, 2.05) is 31.2 Å². The van der Waals surface area contributed by atoms with Gasteiger partial charge < -0.3 is 10.1 Å². The van der Waals surface area contributed by atoms with Gasteiger partial charge in [0.1, 0.15) is 28.7 Å². The van der Waals surface area contributed by atoms with Crippen molar-refractivity contribution in [2.45, 2.75) is 19.3 Å². The van der Waals surface area contributed by atoms with Gasteiger partial charge in [-0.1, -0.05) is 19.1 Å². The van der Waals surface area contributed by atoms with Gasteiger partial charge in [-0.05, 0) is 53.9 Å². The third-order valence-corrected chi connectivity index (χ3v) is 5.61. The van der Waals surface area contributed by atoms with Gasteiger partial charge in [0.25, 0.3) is 5.91 Å². The predicted octanol–water partition coefficient (Wildman–Crippen LogP) is 5.15. The van der Waals surface area contributed by atoms with Gasteiger partial charge >= 0.3 is 0 Å². The maximum Gasteiger partial charge on any atom is 0.269 e. The molecule has 2 aromatic carbocycles. The van der Waals surface area contributed by atoms with Gasteiger partial charge in [0.15, 0.2) is 5.78 Å². The van der Waals surface area contributed by atoms with Crippen LogP contribution >= 0.6 is 0 Å². The fourth-order valence-electron chi connectivity index (χ4n) is 3.75. The molecule has 0 saturated carbocycles. The number of carbonyl (C=O) groups excluding carboxylic acids is 2. The predicted molar refractivity (Wildman–Crippen MR) is 130 cm³/mol. The zero-order chi connectivity index (χ0) is 24.9. The number of aromatic nitrogens is 3. The zero-order valence-electron chi connectivity index (χ0n) is 19.7. The molecule has 35 heavy (non-hydrogen) atoms. The van der Waals surface area contributed by atoms with Crippen LogP contribution in [0.5, 0.6) is 11.5 Å². The zero-order valence-corrected chi connectivity index (χ0v) is 19.7. The largest absolute Gasteiger partial charge is 0.457 e. The van der Waals surface area contributed by atoms with Crippen LogP contribution in [0.25, 0.3) is 11.3 Å². The monoisotopic (exact) mass is 472 g/mol. The first-order chi connectivity index (χ1) is 16.8. The van der Waals surface area contributed by atoms with Crippen LogP contribution in [0.3, 0.4) is 0 Å². The molecule has 2 aromatic heterocycles. The van der Waals surface area contributed by atoms with Gasteiger partial charge in [-0.3, -0.25) is 19.3 Å². The summed E-state index contributed by atoms with van der Waals surface area (Å²) in [6, 6.07) is 16.7. The highest BCUT2D eigenvalue weighted by molar-refractivity contribution is 6.01. The number of rotatable bonds is 8.